The van der Waals surface area contributed by atoms with Crippen LogP contribution < -0.4 is 20.1 Å². The van der Waals surface area contributed by atoms with Crippen molar-refractivity contribution in [2.24, 2.45) is 0 Å². The second kappa shape index (κ2) is 6.30. The molecule has 112 valence electrons. The molecule has 2 rings (SSSR count). The molecule has 0 aliphatic rings. The number of methoxy groups -OCH3 is 2. The summed E-state index contributed by atoms with van der Waals surface area (Å²) in [6.07, 6.45) is 0. The van der Waals surface area contributed by atoms with Crippen LogP contribution in [-0.2, 0) is 0 Å². The van der Waals surface area contributed by atoms with Gasteiger partial charge >= 0.3 is 0 Å². The van der Waals surface area contributed by atoms with Gasteiger partial charge in [0.25, 0.3) is 0 Å². The average molecular weight is 288 g/mol. The van der Waals surface area contributed by atoms with Gasteiger partial charge in [0.2, 0.25) is 0 Å². The summed E-state index contributed by atoms with van der Waals surface area (Å²) in [5.74, 6) is 3.67. The summed E-state index contributed by atoms with van der Waals surface area (Å²) in [4.78, 5) is 8.80. The molecule has 2 N–H and O–H groups in total. The van der Waals surface area contributed by atoms with Crippen LogP contribution in [0.25, 0.3) is 0 Å². The second-order valence-electron chi connectivity index (χ2n) is 4.53. The Morgan fingerprint density at radius 2 is 1.71 bits per heavy atom. The first-order valence-electron chi connectivity index (χ1n) is 6.61. The zero-order valence-electron chi connectivity index (χ0n) is 12.9. The summed E-state index contributed by atoms with van der Waals surface area (Å²) in [5.41, 5.74) is 1.77. The minimum absolute atomic E-state index is 0.691. The normalized spacial score (nSPS) is 10.1. The van der Waals surface area contributed by atoms with Gasteiger partial charge in [-0.2, -0.15) is 0 Å². The number of nitrogens with one attached hydrogen (secondary N) is 2. The van der Waals surface area contributed by atoms with E-state index in [9.17, 15) is 0 Å². The molecule has 1 aromatic carbocycles. The number of hydrogen-bond donors (Lipinski definition) is 2. The van der Waals surface area contributed by atoms with Crippen molar-refractivity contribution in [2.75, 3.05) is 31.9 Å². The Morgan fingerprint density at radius 1 is 1.00 bits per heavy atom. The van der Waals surface area contributed by atoms with E-state index in [0.717, 1.165) is 28.6 Å². The quantitative estimate of drug-likeness (QED) is 0.881. The molecule has 0 aliphatic heterocycles. The maximum absolute atomic E-state index is 5.39. The SMILES string of the molecule is CNc1nc(C)nc(Nc2ccc(OC)cc2OC)c1C. The van der Waals surface area contributed by atoms with Crippen molar-refractivity contribution in [3.8, 4) is 11.5 Å². The molecule has 1 heterocycles. The fraction of sp³-hybridized carbons (Fsp3) is 0.333. The fourth-order valence-corrected chi connectivity index (χ4v) is 2.02. The monoisotopic (exact) mass is 288 g/mol. The topological polar surface area (TPSA) is 68.3 Å². The number of ether oxygens (including phenoxy) is 2. The van der Waals surface area contributed by atoms with Crippen LogP contribution in [0.15, 0.2) is 18.2 Å². The zero-order valence-corrected chi connectivity index (χ0v) is 12.9. The van der Waals surface area contributed by atoms with Gasteiger partial charge < -0.3 is 20.1 Å². The largest absolute Gasteiger partial charge is 0.497 e. The van der Waals surface area contributed by atoms with Crippen LogP contribution >= 0.6 is 0 Å². The van der Waals surface area contributed by atoms with Crippen LogP contribution in [0.3, 0.4) is 0 Å². The van der Waals surface area contributed by atoms with Gasteiger partial charge in [0.15, 0.2) is 0 Å². The number of anilines is 3. The lowest BCUT2D eigenvalue weighted by Gasteiger charge is -2.15. The summed E-state index contributed by atoms with van der Waals surface area (Å²) in [5, 5.41) is 6.35. The lowest BCUT2D eigenvalue weighted by atomic mass is 10.2. The van der Waals surface area contributed by atoms with Gasteiger partial charge in [0.1, 0.15) is 29.0 Å². The maximum atomic E-state index is 5.39. The number of nitrogens with zero attached hydrogens (tertiary/aromatic N) is 2. The Labute approximate surface area is 124 Å². The predicted molar refractivity (Wildman–Crippen MR) is 83.9 cm³/mol. The third-order valence-corrected chi connectivity index (χ3v) is 3.16. The van der Waals surface area contributed by atoms with Crippen LogP contribution in [-0.4, -0.2) is 31.2 Å². The molecule has 0 bridgehead atoms. The third-order valence-electron chi connectivity index (χ3n) is 3.16. The Hall–Kier alpha value is -2.50. The molecule has 6 nitrogen and oxygen atoms in total. The van der Waals surface area contributed by atoms with Crippen molar-refractivity contribution in [1.29, 1.82) is 0 Å². The maximum Gasteiger partial charge on any atom is 0.146 e. The van der Waals surface area contributed by atoms with Crippen molar-refractivity contribution in [3.63, 3.8) is 0 Å². The van der Waals surface area contributed by atoms with Gasteiger partial charge in [-0.1, -0.05) is 0 Å². The molecule has 0 amide bonds. The molecule has 0 unspecified atom stereocenters. The highest BCUT2D eigenvalue weighted by Gasteiger charge is 2.11. The van der Waals surface area contributed by atoms with E-state index in [1.54, 1.807) is 14.2 Å². The van der Waals surface area contributed by atoms with Gasteiger partial charge in [-0.05, 0) is 26.0 Å². The number of aryl methyl sites for hydroxylation is 1. The van der Waals surface area contributed by atoms with E-state index >= 15 is 0 Å². The molecule has 21 heavy (non-hydrogen) atoms. The summed E-state index contributed by atoms with van der Waals surface area (Å²) in [7, 11) is 5.09. The van der Waals surface area contributed by atoms with E-state index in [4.69, 9.17) is 9.47 Å². The van der Waals surface area contributed by atoms with Gasteiger partial charge in [0.05, 0.1) is 19.9 Å². The highest BCUT2D eigenvalue weighted by atomic mass is 16.5. The van der Waals surface area contributed by atoms with Crippen molar-refractivity contribution in [1.82, 2.24) is 9.97 Å². The summed E-state index contributed by atoms with van der Waals surface area (Å²) >= 11 is 0. The Bertz CT molecular complexity index is 644. The summed E-state index contributed by atoms with van der Waals surface area (Å²) in [6, 6.07) is 5.59. The van der Waals surface area contributed by atoms with Gasteiger partial charge in [0, 0.05) is 18.7 Å². The highest BCUT2D eigenvalue weighted by Crippen LogP contribution is 2.32. The standard InChI is InChI=1S/C15H20N4O2/c1-9-14(16-3)17-10(2)18-15(9)19-12-7-6-11(20-4)8-13(12)21-5/h6-8H,1-5H3,(H2,16,17,18,19). The molecule has 0 spiro atoms. The number of benzene rings is 1. The third kappa shape index (κ3) is 3.16. The van der Waals surface area contributed by atoms with Crippen molar-refractivity contribution in [3.05, 3.63) is 29.6 Å². The molecular formula is C15H20N4O2. The minimum atomic E-state index is 0.691. The van der Waals surface area contributed by atoms with Crippen LogP contribution in [0.5, 0.6) is 11.5 Å². The van der Waals surface area contributed by atoms with Crippen molar-refractivity contribution in [2.45, 2.75) is 13.8 Å². The average Bonchev–Trinajstić information content (AvgIpc) is 2.50. The molecule has 0 radical (unpaired) electrons. The van der Waals surface area contributed by atoms with Crippen LogP contribution in [0.4, 0.5) is 17.3 Å². The first-order valence-corrected chi connectivity index (χ1v) is 6.61. The number of hydrogen-bond acceptors (Lipinski definition) is 6. The van der Waals surface area contributed by atoms with E-state index in [2.05, 4.69) is 20.6 Å². The molecular weight excluding hydrogens is 268 g/mol. The van der Waals surface area contributed by atoms with Gasteiger partial charge in [-0.15, -0.1) is 0 Å². The molecule has 0 saturated carbocycles. The molecule has 6 heteroatoms. The summed E-state index contributed by atoms with van der Waals surface area (Å²) < 4.78 is 10.6. The van der Waals surface area contributed by atoms with E-state index in [0.29, 0.717) is 11.6 Å². The lowest BCUT2D eigenvalue weighted by Crippen LogP contribution is -2.06. The Balaban J connectivity index is 2.40. The molecule has 2 aromatic rings. The second-order valence-corrected chi connectivity index (χ2v) is 4.53. The van der Waals surface area contributed by atoms with Crippen molar-refractivity contribution >= 4 is 17.3 Å². The van der Waals surface area contributed by atoms with Crippen LogP contribution in [0.2, 0.25) is 0 Å². The lowest BCUT2D eigenvalue weighted by molar-refractivity contribution is 0.395. The van der Waals surface area contributed by atoms with Gasteiger partial charge in [-0.25, -0.2) is 9.97 Å². The minimum Gasteiger partial charge on any atom is -0.497 e. The number of aromatic nitrogens is 2. The van der Waals surface area contributed by atoms with Gasteiger partial charge in [-0.3, -0.25) is 0 Å². The zero-order chi connectivity index (χ0) is 15.4. The first kappa shape index (κ1) is 14.9. The van der Waals surface area contributed by atoms with E-state index in [-0.39, 0.29) is 0 Å². The molecule has 1 aromatic heterocycles. The Kier molecular flexibility index (Phi) is 4.47. The van der Waals surface area contributed by atoms with E-state index < -0.39 is 0 Å². The predicted octanol–water partition coefficient (Wildman–Crippen LogP) is 2.90. The molecule has 0 saturated heterocycles. The van der Waals surface area contributed by atoms with Crippen LogP contribution in [0.1, 0.15) is 11.4 Å². The molecule has 0 fully saturated rings. The molecule has 0 atom stereocenters. The van der Waals surface area contributed by atoms with Crippen molar-refractivity contribution < 1.29 is 9.47 Å². The van der Waals surface area contributed by atoms with E-state index in [1.165, 1.54) is 0 Å². The number of rotatable bonds is 5. The summed E-state index contributed by atoms with van der Waals surface area (Å²) in [6.45, 7) is 3.82. The smallest absolute Gasteiger partial charge is 0.146 e. The molecule has 0 aliphatic carbocycles. The Morgan fingerprint density at radius 3 is 2.33 bits per heavy atom. The first-order chi connectivity index (χ1) is 10.1. The van der Waals surface area contributed by atoms with E-state index in [1.807, 2.05) is 39.1 Å². The van der Waals surface area contributed by atoms with Crippen LogP contribution in [0, 0.1) is 13.8 Å². The highest BCUT2D eigenvalue weighted by molar-refractivity contribution is 5.69. The fourth-order valence-electron chi connectivity index (χ4n) is 2.02.